The number of aromatic nitrogens is 1. The number of ketones is 1. The van der Waals surface area contributed by atoms with Crippen molar-refractivity contribution in [1.82, 2.24) is 4.98 Å². The van der Waals surface area contributed by atoms with Gasteiger partial charge in [-0.1, -0.05) is 41.2 Å². The van der Waals surface area contributed by atoms with Gasteiger partial charge in [-0.25, -0.2) is 9.37 Å². The Morgan fingerprint density at radius 2 is 1.89 bits per heavy atom. The third-order valence-corrected chi connectivity index (χ3v) is 7.57. The number of carbonyl (C=O) groups is 2. The van der Waals surface area contributed by atoms with Crippen molar-refractivity contribution in [2.75, 3.05) is 4.90 Å². The van der Waals surface area contributed by atoms with E-state index in [1.165, 1.54) is 23.1 Å². The Morgan fingerprint density at radius 1 is 1.11 bits per heavy atom. The van der Waals surface area contributed by atoms with Crippen molar-refractivity contribution in [3.05, 3.63) is 94.3 Å². The molecule has 4 aromatic rings. The first kappa shape index (κ1) is 22.4. The molecular formula is C28H21FN2O4S. The van der Waals surface area contributed by atoms with Crippen LogP contribution < -0.4 is 9.64 Å². The number of carbonyl (C=O) groups excluding carboxylic acids is 2. The Kier molecular flexibility index (Phi) is 5.15. The van der Waals surface area contributed by atoms with Gasteiger partial charge in [0.2, 0.25) is 0 Å². The van der Waals surface area contributed by atoms with Crippen LogP contribution in [0.15, 0.2) is 66.2 Å². The van der Waals surface area contributed by atoms with Crippen molar-refractivity contribution in [3.8, 4) is 5.75 Å². The molecule has 0 spiro atoms. The molecule has 8 heteroatoms. The van der Waals surface area contributed by atoms with Crippen LogP contribution in [0.2, 0.25) is 0 Å². The highest BCUT2D eigenvalue weighted by molar-refractivity contribution is 7.22. The molecule has 1 amide bonds. The lowest BCUT2D eigenvalue weighted by Gasteiger charge is -2.23. The van der Waals surface area contributed by atoms with Crippen LogP contribution in [-0.2, 0) is 16.0 Å². The van der Waals surface area contributed by atoms with Crippen LogP contribution in [0.1, 0.15) is 35.2 Å². The van der Waals surface area contributed by atoms with E-state index in [0.717, 1.165) is 28.2 Å². The van der Waals surface area contributed by atoms with E-state index in [9.17, 15) is 19.1 Å². The number of aliphatic hydroxyl groups excluding tert-OH is 1. The second-order valence-corrected chi connectivity index (χ2v) is 10.2. The number of aryl methyl sites for hydroxylation is 1. The molecule has 2 atom stereocenters. The summed E-state index contributed by atoms with van der Waals surface area (Å²) in [6.07, 6.45) is 0.716. The second kappa shape index (κ2) is 8.27. The minimum atomic E-state index is -0.889. The first-order valence-corrected chi connectivity index (χ1v) is 12.4. The van der Waals surface area contributed by atoms with E-state index in [0.29, 0.717) is 27.8 Å². The molecule has 1 N–H and O–H groups in total. The van der Waals surface area contributed by atoms with E-state index in [1.807, 2.05) is 38.1 Å². The van der Waals surface area contributed by atoms with Crippen LogP contribution in [0, 0.1) is 12.7 Å². The molecule has 2 aliphatic heterocycles. The molecule has 0 saturated carbocycles. The molecule has 0 bridgehead atoms. The Labute approximate surface area is 210 Å². The number of anilines is 1. The molecule has 6 nitrogen and oxygen atoms in total. The number of benzene rings is 3. The molecule has 2 aliphatic rings. The molecule has 0 radical (unpaired) electrons. The van der Waals surface area contributed by atoms with Gasteiger partial charge in [-0.2, -0.15) is 0 Å². The fourth-order valence-corrected chi connectivity index (χ4v) is 5.83. The predicted molar refractivity (Wildman–Crippen MR) is 136 cm³/mol. The number of hydrogen-bond donors (Lipinski definition) is 1. The lowest BCUT2D eigenvalue weighted by molar-refractivity contribution is -0.132. The van der Waals surface area contributed by atoms with Crippen molar-refractivity contribution in [2.45, 2.75) is 32.4 Å². The minimum Gasteiger partial charge on any atom is -0.507 e. The number of Topliss-reactive ketones (excluding diaryl/α,β-unsaturated/α-hetero) is 1. The summed E-state index contributed by atoms with van der Waals surface area (Å²) in [6.45, 7) is 3.91. The van der Waals surface area contributed by atoms with Crippen molar-refractivity contribution >= 4 is 44.1 Å². The van der Waals surface area contributed by atoms with Crippen molar-refractivity contribution in [1.29, 1.82) is 0 Å². The lowest BCUT2D eigenvalue weighted by atomic mass is 9.94. The van der Waals surface area contributed by atoms with Gasteiger partial charge >= 0.3 is 5.91 Å². The lowest BCUT2D eigenvalue weighted by Crippen LogP contribution is -2.29. The topological polar surface area (TPSA) is 79.7 Å². The zero-order chi connectivity index (χ0) is 25.1. The van der Waals surface area contributed by atoms with E-state index in [1.54, 1.807) is 18.2 Å². The zero-order valence-corrected chi connectivity index (χ0v) is 20.3. The maximum Gasteiger partial charge on any atom is 0.301 e. The molecule has 36 heavy (non-hydrogen) atoms. The molecular weight excluding hydrogens is 479 g/mol. The second-order valence-electron chi connectivity index (χ2n) is 9.14. The monoisotopic (exact) mass is 500 g/mol. The van der Waals surface area contributed by atoms with Crippen LogP contribution >= 0.6 is 11.3 Å². The van der Waals surface area contributed by atoms with Crippen molar-refractivity contribution in [3.63, 3.8) is 0 Å². The molecule has 1 saturated heterocycles. The van der Waals surface area contributed by atoms with E-state index < -0.39 is 23.5 Å². The molecule has 3 aromatic carbocycles. The summed E-state index contributed by atoms with van der Waals surface area (Å²) in [4.78, 5) is 32.6. The predicted octanol–water partition coefficient (Wildman–Crippen LogP) is 5.69. The fourth-order valence-electron chi connectivity index (χ4n) is 4.81. The summed E-state index contributed by atoms with van der Waals surface area (Å²) >= 11 is 1.12. The van der Waals surface area contributed by atoms with Crippen molar-refractivity contribution < 1.29 is 23.8 Å². The number of ether oxygens (including phenoxy) is 1. The standard InChI is InChI=1S/C28H21FN2O4S/c1-14-3-5-16(6-4-14)24-23(25(32)17-7-10-21-18(12-17)11-15(2)35-21)26(33)27(34)31(24)28-30-20-9-8-19(29)13-22(20)36-28/h3-10,12-13,15,24,32H,11H2,1-2H3/t15-,24-/m0/s1. The number of halogens is 1. The van der Waals surface area contributed by atoms with Gasteiger partial charge in [0.1, 0.15) is 23.4 Å². The SMILES string of the molecule is Cc1ccc([C@H]2C(=C(O)c3ccc4c(c3)C[C@H](C)O4)C(=O)C(=O)N2c2nc3ccc(F)cc3s2)cc1. The Bertz CT molecular complexity index is 1590. The van der Waals surface area contributed by atoms with Crippen LogP contribution in [-0.4, -0.2) is 27.9 Å². The van der Waals surface area contributed by atoms with E-state index >= 15 is 0 Å². The number of amides is 1. The summed E-state index contributed by atoms with van der Waals surface area (Å²) in [5, 5.41) is 11.7. The zero-order valence-electron chi connectivity index (χ0n) is 19.5. The molecule has 6 rings (SSSR count). The highest BCUT2D eigenvalue weighted by Gasteiger charge is 2.48. The quantitative estimate of drug-likeness (QED) is 0.222. The largest absolute Gasteiger partial charge is 0.507 e. The van der Waals surface area contributed by atoms with Gasteiger partial charge in [-0.3, -0.25) is 14.5 Å². The number of aliphatic hydroxyl groups is 1. The highest BCUT2D eigenvalue weighted by atomic mass is 32.1. The molecule has 3 heterocycles. The normalized spacial score (nSPS) is 20.7. The van der Waals surface area contributed by atoms with Gasteiger partial charge in [0.15, 0.2) is 5.13 Å². The third-order valence-electron chi connectivity index (χ3n) is 6.55. The number of rotatable bonds is 3. The molecule has 0 aliphatic carbocycles. The van der Waals surface area contributed by atoms with E-state index in [-0.39, 0.29) is 22.6 Å². The third kappa shape index (κ3) is 3.56. The van der Waals surface area contributed by atoms with Crippen molar-refractivity contribution in [2.24, 2.45) is 0 Å². The molecule has 1 aromatic heterocycles. The van der Waals surface area contributed by atoms with Gasteiger partial charge in [-0.15, -0.1) is 0 Å². The smallest absolute Gasteiger partial charge is 0.301 e. The maximum atomic E-state index is 13.8. The van der Waals surface area contributed by atoms with E-state index in [4.69, 9.17) is 4.74 Å². The number of nitrogens with zero attached hydrogens (tertiary/aromatic N) is 2. The number of fused-ring (bicyclic) bond motifs is 2. The Balaban J connectivity index is 1.53. The number of thiazole rings is 1. The summed E-state index contributed by atoms with van der Waals surface area (Å²) in [5.41, 5.74) is 3.55. The average Bonchev–Trinajstić information content (AvgIpc) is 3.51. The van der Waals surface area contributed by atoms with Gasteiger partial charge in [0.05, 0.1) is 21.8 Å². The Morgan fingerprint density at radius 3 is 2.67 bits per heavy atom. The first-order chi connectivity index (χ1) is 17.3. The molecule has 1 fully saturated rings. The van der Waals surface area contributed by atoms with Gasteiger partial charge < -0.3 is 9.84 Å². The van der Waals surface area contributed by atoms with Gasteiger partial charge in [0, 0.05) is 12.0 Å². The molecule has 0 unspecified atom stereocenters. The maximum absolute atomic E-state index is 13.8. The minimum absolute atomic E-state index is 0.0128. The Hall–Kier alpha value is -4.04. The van der Waals surface area contributed by atoms with Gasteiger partial charge in [0.25, 0.3) is 5.78 Å². The van der Waals surface area contributed by atoms with Crippen LogP contribution in [0.5, 0.6) is 5.75 Å². The van der Waals surface area contributed by atoms with Crippen LogP contribution in [0.25, 0.3) is 16.0 Å². The van der Waals surface area contributed by atoms with E-state index in [2.05, 4.69) is 4.98 Å². The summed E-state index contributed by atoms with van der Waals surface area (Å²) in [7, 11) is 0. The summed E-state index contributed by atoms with van der Waals surface area (Å²) in [6, 6.07) is 16.0. The first-order valence-electron chi connectivity index (χ1n) is 11.5. The fraction of sp³-hybridized carbons (Fsp3) is 0.179. The average molecular weight is 501 g/mol. The summed E-state index contributed by atoms with van der Waals surface area (Å²) < 4.78 is 20.1. The number of hydrogen-bond acceptors (Lipinski definition) is 6. The van der Waals surface area contributed by atoms with Crippen LogP contribution in [0.4, 0.5) is 9.52 Å². The van der Waals surface area contributed by atoms with Crippen LogP contribution in [0.3, 0.4) is 0 Å². The molecule has 180 valence electrons. The summed E-state index contributed by atoms with van der Waals surface area (Å²) in [5.74, 6) is -1.51. The highest BCUT2D eigenvalue weighted by Crippen LogP contribution is 2.45. The van der Waals surface area contributed by atoms with Gasteiger partial charge in [-0.05, 0) is 61.4 Å².